The summed E-state index contributed by atoms with van der Waals surface area (Å²) >= 11 is 0. The summed E-state index contributed by atoms with van der Waals surface area (Å²) in [6.07, 6.45) is 7.00. The van der Waals surface area contributed by atoms with Crippen LogP contribution in [0.2, 0.25) is 0 Å². The second-order valence-corrected chi connectivity index (χ2v) is 6.22. The van der Waals surface area contributed by atoms with Gasteiger partial charge in [-0.1, -0.05) is 18.6 Å². The molecule has 1 aromatic heterocycles. The van der Waals surface area contributed by atoms with E-state index in [-0.39, 0.29) is 6.61 Å². The summed E-state index contributed by atoms with van der Waals surface area (Å²) in [6, 6.07) is 8.56. The van der Waals surface area contributed by atoms with Crippen molar-refractivity contribution < 1.29 is 5.11 Å². The highest BCUT2D eigenvalue weighted by atomic mass is 16.3. The molecule has 1 aliphatic heterocycles. The quantitative estimate of drug-likeness (QED) is 0.890. The SMILES string of the molecule is CCCCc1c(CO)nnn1-c1ccc(N2CCCCC2)cc1. The average molecular weight is 314 g/mol. The summed E-state index contributed by atoms with van der Waals surface area (Å²) < 4.78 is 1.88. The Morgan fingerprint density at radius 3 is 2.39 bits per heavy atom. The Hall–Kier alpha value is -1.88. The summed E-state index contributed by atoms with van der Waals surface area (Å²) in [6.45, 7) is 4.42. The van der Waals surface area contributed by atoms with Crippen LogP contribution in [-0.2, 0) is 13.0 Å². The first kappa shape index (κ1) is 16.0. The Labute approximate surface area is 137 Å². The van der Waals surface area contributed by atoms with E-state index >= 15 is 0 Å². The minimum absolute atomic E-state index is 0.0507. The van der Waals surface area contributed by atoms with Crippen LogP contribution in [0.3, 0.4) is 0 Å². The van der Waals surface area contributed by atoms with Crippen molar-refractivity contribution >= 4 is 5.69 Å². The maximum absolute atomic E-state index is 9.47. The van der Waals surface area contributed by atoms with Gasteiger partial charge < -0.3 is 10.0 Å². The number of benzene rings is 1. The zero-order valence-electron chi connectivity index (χ0n) is 13.9. The fourth-order valence-electron chi connectivity index (χ4n) is 3.21. The van der Waals surface area contributed by atoms with Gasteiger partial charge in [-0.3, -0.25) is 0 Å². The van der Waals surface area contributed by atoms with E-state index in [1.54, 1.807) is 0 Å². The second kappa shape index (κ2) is 7.59. The molecule has 5 nitrogen and oxygen atoms in total. The van der Waals surface area contributed by atoms with Gasteiger partial charge in [0, 0.05) is 18.8 Å². The third-order valence-corrected chi connectivity index (χ3v) is 4.58. The van der Waals surface area contributed by atoms with Crippen molar-refractivity contribution in [2.45, 2.75) is 52.1 Å². The largest absolute Gasteiger partial charge is 0.390 e. The second-order valence-electron chi connectivity index (χ2n) is 6.22. The lowest BCUT2D eigenvalue weighted by atomic mass is 10.1. The lowest BCUT2D eigenvalue weighted by Gasteiger charge is -2.28. The molecule has 23 heavy (non-hydrogen) atoms. The van der Waals surface area contributed by atoms with Gasteiger partial charge in [-0.05, 0) is 56.4 Å². The maximum Gasteiger partial charge on any atom is 0.112 e. The third kappa shape index (κ3) is 3.55. The third-order valence-electron chi connectivity index (χ3n) is 4.58. The van der Waals surface area contributed by atoms with E-state index in [1.165, 1.54) is 24.9 Å². The van der Waals surface area contributed by atoms with Crippen molar-refractivity contribution in [1.82, 2.24) is 15.0 Å². The van der Waals surface area contributed by atoms with Crippen LogP contribution in [0.25, 0.3) is 5.69 Å². The van der Waals surface area contributed by atoms with E-state index in [1.807, 2.05) is 4.68 Å². The summed E-state index contributed by atoms with van der Waals surface area (Å²) in [7, 11) is 0. The summed E-state index contributed by atoms with van der Waals surface area (Å²) in [4.78, 5) is 2.45. The van der Waals surface area contributed by atoms with Crippen LogP contribution >= 0.6 is 0 Å². The molecule has 0 radical (unpaired) electrons. The number of rotatable bonds is 6. The molecule has 1 aliphatic rings. The molecule has 0 bridgehead atoms. The molecule has 0 aliphatic carbocycles. The van der Waals surface area contributed by atoms with E-state index < -0.39 is 0 Å². The van der Waals surface area contributed by atoms with Crippen molar-refractivity contribution in [3.63, 3.8) is 0 Å². The number of aliphatic hydroxyl groups is 1. The molecule has 1 N–H and O–H groups in total. The first-order chi connectivity index (χ1) is 11.3. The molecule has 0 amide bonds. The molecule has 1 aromatic carbocycles. The number of unbranched alkanes of at least 4 members (excludes halogenated alkanes) is 1. The van der Waals surface area contributed by atoms with E-state index in [2.05, 4.69) is 46.4 Å². The van der Waals surface area contributed by atoms with Gasteiger partial charge in [-0.25, -0.2) is 4.68 Å². The van der Waals surface area contributed by atoms with Crippen LogP contribution < -0.4 is 4.90 Å². The lowest BCUT2D eigenvalue weighted by Crippen LogP contribution is -2.29. The zero-order valence-corrected chi connectivity index (χ0v) is 13.9. The predicted molar refractivity (Wildman–Crippen MR) is 92.0 cm³/mol. The highest BCUT2D eigenvalue weighted by Gasteiger charge is 2.14. The minimum atomic E-state index is -0.0507. The van der Waals surface area contributed by atoms with Gasteiger partial charge >= 0.3 is 0 Å². The lowest BCUT2D eigenvalue weighted by molar-refractivity contribution is 0.275. The van der Waals surface area contributed by atoms with Gasteiger partial charge in [0.05, 0.1) is 18.0 Å². The monoisotopic (exact) mass is 314 g/mol. The smallest absolute Gasteiger partial charge is 0.112 e. The fraction of sp³-hybridized carbons (Fsp3) is 0.556. The molecule has 2 aromatic rings. The number of aliphatic hydroxyl groups excluding tert-OH is 1. The summed E-state index contributed by atoms with van der Waals surface area (Å²) in [5.41, 5.74) is 4.02. The highest BCUT2D eigenvalue weighted by Crippen LogP contribution is 2.22. The molecule has 2 heterocycles. The van der Waals surface area contributed by atoms with Crippen LogP contribution in [0, 0.1) is 0 Å². The molecule has 3 rings (SSSR count). The van der Waals surface area contributed by atoms with E-state index in [9.17, 15) is 5.11 Å². The number of anilines is 1. The van der Waals surface area contributed by atoms with Crippen LogP contribution in [0.15, 0.2) is 24.3 Å². The first-order valence-corrected chi connectivity index (χ1v) is 8.73. The average Bonchev–Trinajstić information content (AvgIpc) is 3.03. The number of nitrogens with zero attached hydrogens (tertiary/aromatic N) is 4. The Kier molecular flexibility index (Phi) is 5.28. The van der Waals surface area contributed by atoms with Crippen LogP contribution in [0.4, 0.5) is 5.69 Å². The highest BCUT2D eigenvalue weighted by molar-refractivity contribution is 5.51. The zero-order chi connectivity index (χ0) is 16.1. The van der Waals surface area contributed by atoms with Gasteiger partial charge in [0.25, 0.3) is 0 Å². The predicted octanol–water partition coefficient (Wildman–Crippen LogP) is 3.09. The molecule has 0 atom stereocenters. The Bertz CT molecular complexity index is 614. The number of hydrogen-bond donors (Lipinski definition) is 1. The van der Waals surface area contributed by atoms with Gasteiger partial charge in [0.1, 0.15) is 5.69 Å². The van der Waals surface area contributed by atoms with Crippen molar-refractivity contribution in [3.05, 3.63) is 35.7 Å². The van der Waals surface area contributed by atoms with Crippen molar-refractivity contribution in [2.24, 2.45) is 0 Å². The standard InChI is InChI=1S/C18H26N4O/c1-2-3-7-18-17(14-23)19-20-22(18)16-10-8-15(9-11-16)21-12-5-4-6-13-21/h8-11,23H,2-7,12-14H2,1H3. The molecule has 0 saturated carbocycles. The minimum Gasteiger partial charge on any atom is -0.390 e. The number of piperidine rings is 1. The van der Waals surface area contributed by atoms with E-state index in [0.29, 0.717) is 5.69 Å². The van der Waals surface area contributed by atoms with Crippen LogP contribution in [0.5, 0.6) is 0 Å². The molecule has 5 heteroatoms. The van der Waals surface area contributed by atoms with Crippen molar-refractivity contribution in [2.75, 3.05) is 18.0 Å². The van der Waals surface area contributed by atoms with E-state index in [0.717, 1.165) is 43.7 Å². The summed E-state index contributed by atoms with van der Waals surface area (Å²) in [5.74, 6) is 0. The Morgan fingerprint density at radius 1 is 1.04 bits per heavy atom. The number of aromatic nitrogens is 3. The van der Waals surface area contributed by atoms with Gasteiger partial charge in [0.15, 0.2) is 0 Å². The van der Waals surface area contributed by atoms with Gasteiger partial charge in [-0.2, -0.15) is 0 Å². The van der Waals surface area contributed by atoms with Crippen molar-refractivity contribution in [3.8, 4) is 5.69 Å². The molecule has 0 unspecified atom stereocenters. The molecule has 1 saturated heterocycles. The molecular formula is C18H26N4O. The van der Waals surface area contributed by atoms with Crippen molar-refractivity contribution in [1.29, 1.82) is 0 Å². The number of hydrogen-bond acceptors (Lipinski definition) is 4. The normalized spacial score (nSPS) is 15.1. The van der Waals surface area contributed by atoms with Crippen LogP contribution in [-0.4, -0.2) is 33.2 Å². The Morgan fingerprint density at radius 2 is 1.74 bits per heavy atom. The summed E-state index contributed by atoms with van der Waals surface area (Å²) in [5, 5.41) is 17.8. The first-order valence-electron chi connectivity index (χ1n) is 8.73. The van der Waals surface area contributed by atoms with Crippen LogP contribution in [0.1, 0.15) is 50.4 Å². The molecule has 124 valence electrons. The Balaban J connectivity index is 1.82. The maximum atomic E-state index is 9.47. The molecule has 0 spiro atoms. The fourth-order valence-corrected chi connectivity index (χ4v) is 3.21. The molecular weight excluding hydrogens is 288 g/mol. The van der Waals surface area contributed by atoms with Gasteiger partial charge in [-0.15, -0.1) is 5.10 Å². The molecule has 1 fully saturated rings. The van der Waals surface area contributed by atoms with E-state index in [4.69, 9.17) is 0 Å². The van der Waals surface area contributed by atoms with Gasteiger partial charge in [0.2, 0.25) is 0 Å². The topological polar surface area (TPSA) is 54.2 Å².